The predicted molar refractivity (Wildman–Crippen MR) is 65.6 cm³/mol. The van der Waals surface area contributed by atoms with Crippen molar-refractivity contribution in [2.45, 2.75) is 13.3 Å². The first-order valence-electron chi connectivity index (χ1n) is 5.75. The normalized spacial score (nSPS) is 23.9. The Morgan fingerprint density at radius 2 is 2.29 bits per heavy atom. The van der Waals surface area contributed by atoms with Crippen LogP contribution in [0.5, 0.6) is 0 Å². The summed E-state index contributed by atoms with van der Waals surface area (Å²) >= 11 is 5.67. The van der Waals surface area contributed by atoms with Crippen LogP contribution in [0.25, 0.3) is 0 Å². The second-order valence-corrected chi connectivity index (χ2v) is 5.06. The Kier molecular flexibility index (Phi) is 3.79. The van der Waals surface area contributed by atoms with E-state index in [1.54, 1.807) is 12.1 Å². The maximum atomic E-state index is 13.5. The highest BCUT2D eigenvalue weighted by atomic mass is 35.5. The molecular weight excluding hydrogens is 241 g/mol. The molecule has 2 rings (SSSR count). The summed E-state index contributed by atoms with van der Waals surface area (Å²) in [5.74, 6) is 0.0381. The Morgan fingerprint density at radius 1 is 1.53 bits per heavy atom. The molecule has 1 fully saturated rings. The Morgan fingerprint density at radius 3 is 2.88 bits per heavy atom. The minimum absolute atomic E-state index is 0.00470. The van der Waals surface area contributed by atoms with Crippen LogP contribution in [-0.2, 0) is 11.2 Å². The summed E-state index contributed by atoms with van der Waals surface area (Å²) in [4.78, 5) is 12.0. The average Bonchev–Trinajstić information content (AvgIpc) is 2.68. The van der Waals surface area contributed by atoms with Gasteiger partial charge in [0.1, 0.15) is 11.6 Å². The van der Waals surface area contributed by atoms with Crippen molar-refractivity contribution in [2.75, 3.05) is 13.1 Å². The minimum atomic E-state index is -0.399. The minimum Gasteiger partial charge on any atom is -0.316 e. The zero-order valence-electron chi connectivity index (χ0n) is 9.67. The van der Waals surface area contributed by atoms with Gasteiger partial charge in [0.05, 0.1) is 0 Å². The number of hydrogen-bond donors (Lipinski definition) is 1. The van der Waals surface area contributed by atoms with E-state index in [1.807, 2.05) is 6.92 Å². The Balaban J connectivity index is 2.07. The van der Waals surface area contributed by atoms with Gasteiger partial charge in [-0.15, -0.1) is 0 Å². The highest BCUT2D eigenvalue weighted by Crippen LogP contribution is 2.21. The third-order valence-electron chi connectivity index (χ3n) is 3.31. The maximum absolute atomic E-state index is 13.5. The highest BCUT2D eigenvalue weighted by molar-refractivity contribution is 6.30. The topological polar surface area (TPSA) is 29.1 Å². The van der Waals surface area contributed by atoms with E-state index in [2.05, 4.69) is 5.32 Å². The van der Waals surface area contributed by atoms with E-state index in [9.17, 15) is 9.18 Å². The third kappa shape index (κ3) is 2.85. The van der Waals surface area contributed by atoms with E-state index in [0.717, 1.165) is 6.54 Å². The van der Waals surface area contributed by atoms with E-state index in [0.29, 0.717) is 23.0 Å². The maximum Gasteiger partial charge on any atom is 0.142 e. The van der Waals surface area contributed by atoms with Crippen LogP contribution in [0.15, 0.2) is 18.2 Å². The van der Waals surface area contributed by atoms with Gasteiger partial charge in [-0.05, 0) is 30.2 Å². The molecule has 1 aliphatic heterocycles. The number of rotatable bonds is 3. The van der Waals surface area contributed by atoms with Crippen molar-refractivity contribution in [1.29, 1.82) is 0 Å². The quantitative estimate of drug-likeness (QED) is 0.899. The number of nitrogens with one attached hydrogen (secondary N) is 1. The zero-order chi connectivity index (χ0) is 12.4. The van der Waals surface area contributed by atoms with Crippen LogP contribution in [0.3, 0.4) is 0 Å². The summed E-state index contributed by atoms with van der Waals surface area (Å²) in [5, 5.41) is 3.53. The summed E-state index contributed by atoms with van der Waals surface area (Å²) in [6.45, 7) is 3.61. The summed E-state index contributed by atoms with van der Waals surface area (Å²) in [6, 6.07) is 4.45. The van der Waals surface area contributed by atoms with Gasteiger partial charge >= 0.3 is 0 Å². The van der Waals surface area contributed by atoms with E-state index < -0.39 is 5.82 Å². The molecule has 4 heteroatoms. The molecule has 1 saturated heterocycles. The summed E-state index contributed by atoms with van der Waals surface area (Å²) in [7, 11) is 0. The Bertz CT molecular complexity index is 435. The predicted octanol–water partition coefficient (Wildman–Crippen LogP) is 2.45. The van der Waals surface area contributed by atoms with Crippen molar-refractivity contribution in [3.05, 3.63) is 34.6 Å². The molecule has 1 aliphatic rings. The lowest BCUT2D eigenvalue weighted by molar-refractivity contribution is -0.122. The van der Waals surface area contributed by atoms with Gasteiger partial charge < -0.3 is 5.32 Å². The molecule has 0 radical (unpaired) electrons. The van der Waals surface area contributed by atoms with E-state index >= 15 is 0 Å². The van der Waals surface area contributed by atoms with Crippen molar-refractivity contribution in [2.24, 2.45) is 11.8 Å². The smallest absolute Gasteiger partial charge is 0.142 e. The summed E-state index contributed by atoms with van der Waals surface area (Å²) < 4.78 is 13.5. The Labute approximate surface area is 105 Å². The summed E-state index contributed by atoms with van der Waals surface area (Å²) in [6.07, 6.45) is 0.152. The molecule has 1 N–H and O–H groups in total. The molecule has 2 nitrogen and oxygen atoms in total. The van der Waals surface area contributed by atoms with Gasteiger partial charge in [-0.2, -0.15) is 0 Å². The van der Waals surface area contributed by atoms with Crippen molar-refractivity contribution in [3.63, 3.8) is 0 Å². The van der Waals surface area contributed by atoms with Gasteiger partial charge in [0.25, 0.3) is 0 Å². The third-order valence-corrected chi connectivity index (χ3v) is 3.55. The molecule has 1 aromatic carbocycles. The molecule has 0 aliphatic carbocycles. The SMILES string of the molecule is CC1CNCC1C(=O)Cc1ccc(Cl)cc1F. The second-order valence-electron chi connectivity index (χ2n) is 4.62. The van der Waals surface area contributed by atoms with Gasteiger partial charge in [0, 0.05) is 23.9 Å². The van der Waals surface area contributed by atoms with E-state index in [1.165, 1.54) is 6.07 Å². The van der Waals surface area contributed by atoms with Crippen LogP contribution in [0.2, 0.25) is 5.02 Å². The first-order valence-corrected chi connectivity index (χ1v) is 6.13. The largest absolute Gasteiger partial charge is 0.316 e. The Hall–Kier alpha value is -0.930. The second kappa shape index (κ2) is 5.15. The van der Waals surface area contributed by atoms with Crippen molar-refractivity contribution in [1.82, 2.24) is 5.32 Å². The fourth-order valence-electron chi connectivity index (χ4n) is 2.22. The molecule has 2 unspecified atom stereocenters. The highest BCUT2D eigenvalue weighted by Gasteiger charge is 2.29. The number of carbonyl (C=O) groups is 1. The van der Waals surface area contributed by atoms with E-state index in [-0.39, 0.29) is 18.1 Å². The van der Waals surface area contributed by atoms with Crippen LogP contribution in [0.1, 0.15) is 12.5 Å². The molecule has 0 saturated carbocycles. The molecule has 0 amide bonds. The molecular formula is C13H15ClFNO. The molecule has 92 valence electrons. The average molecular weight is 256 g/mol. The molecule has 2 atom stereocenters. The standard InChI is InChI=1S/C13H15ClFNO/c1-8-6-16-7-11(8)13(17)4-9-2-3-10(14)5-12(9)15/h2-3,5,8,11,16H,4,6-7H2,1H3. The monoisotopic (exact) mass is 255 g/mol. The fraction of sp³-hybridized carbons (Fsp3) is 0.462. The number of hydrogen-bond acceptors (Lipinski definition) is 2. The lowest BCUT2D eigenvalue weighted by Gasteiger charge is -2.13. The fourth-order valence-corrected chi connectivity index (χ4v) is 2.38. The first kappa shape index (κ1) is 12.5. The van der Waals surface area contributed by atoms with Gasteiger partial charge in [0.2, 0.25) is 0 Å². The number of ketones is 1. The molecule has 1 heterocycles. The van der Waals surface area contributed by atoms with Gasteiger partial charge in [0.15, 0.2) is 0 Å². The molecule has 1 aromatic rings. The van der Waals surface area contributed by atoms with Crippen molar-refractivity contribution < 1.29 is 9.18 Å². The van der Waals surface area contributed by atoms with Gasteiger partial charge in [-0.3, -0.25) is 4.79 Å². The summed E-state index contributed by atoms with van der Waals surface area (Å²) in [5.41, 5.74) is 0.429. The van der Waals surface area contributed by atoms with Crippen LogP contribution < -0.4 is 5.32 Å². The van der Waals surface area contributed by atoms with E-state index in [4.69, 9.17) is 11.6 Å². The van der Waals surface area contributed by atoms with Crippen LogP contribution in [0.4, 0.5) is 4.39 Å². The van der Waals surface area contributed by atoms with Crippen molar-refractivity contribution in [3.8, 4) is 0 Å². The van der Waals surface area contributed by atoms with Crippen molar-refractivity contribution >= 4 is 17.4 Å². The number of Topliss-reactive ketones (excluding diaryl/α,β-unsaturated/α-hetero) is 1. The number of halogens is 2. The molecule has 0 aromatic heterocycles. The molecule has 0 bridgehead atoms. The van der Waals surface area contributed by atoms with Crippen LogP contribution in [-0.4, -0.2) is 18.9 Å². The van der Waals surface area contributed by atoms with Crippen LogP contribution in [0, 0.1) is 17.7 Å². The number of benzene rings is 1. The zero-order valence-corrected chi connectivity index (χ0v) is 10.4. The molecule has 0 spiro atoms. The first-order chi connectivity index (χ1) is 8.08. The van der Waals surface area contributed by atoms with Crippen LogP contribution >= 0.6 is 11.6 Å². The lowest BCUT2D eigenvalue weighted by Crippen LogP contribution is -2.23. The lowest BCUT2D eigenvalue weighted by atomic mass is 9.90. The van der Waals surface area contributed by atoms with Gasteiger partial charge in [-0.1, -0.05) is 24.6 Å². The molecule has 17 heavy (non-hydrogen) atoms. The van der Waals surface area contributed by atoms with Gasteiger partial charge in [-0.25, -0.2) is 4.39 Å². The number of carbonyl (C=O) groups excluding carboxylic acids is 1.